The molecule has 2 aromatic carbocycles. The second-order valence-electron chi connectivity index (χ2n) is 7.65. The summed E-state index contributed by atoms with van der Waals surface area (Å²) >= 11 is 1.53. The largest absolute Gasteiger partial charge is 0.348 e. The SMILES string of the molecule is O=C(C1CCN(c2nc3ccc(F)cc3s2)CC1)N1CCc2ccccc2C1. The molecule has 1 amide bonds. The van der Waals surface area contributed by atoms with E-state index in [4.69, 9.17) is 0 Å². The molecule has 0 aliphatic carbocycles. The van der Waals surface area contributed by atoms with Gasteiger partial charge in [-0.25, -0.2) is 9.37 Å². The Morgan fingerprint density at radius 3 is 2.68 bits per heavy atom. The normalized spacial score (nSPS) is 17.8. The lowest BCUT2D eigenvalue weighted by atomic mass is 9.93. The summed E-state index contributed by atoms with van der Waals surface area (Å²) in [5, 5.41) is 0.929. The molecule has 0 saturated carbocycles. The Balaban J connectivity index is 1.23. The highest BCUT2D eigenvalue weighted by molar-refractivity contribution is 7.22. The van der Waals surface area contributed by atoms with Crippen LogP contribution in [0.1, 0.15) is 24.0 Å². The van der Waals surface area contributed by atoms with Crippen LogP contribution in [0.25, 0.3) is 10.2 Å². The molecule has 1 fully saturated rings. The summed E-state index contributed by atoms with van der Waals surface area (Å²) in [6, 6.07) is 13.1. The molecule has 28 heavy (non-hydrogen) atoms. The fourth-order valence-corrected chi connectivity index (χ4v) is 5.32. The van der Waals surface area contributed by atoms with Crippen LogP contribution < -0.4 is 4.90 Å². The van der Waals surface area contributed by atoms with Gasteiger partial charge >= 0.3 is 0 Å². The standard InChI is InChI=1S/C22H22FN3OS/c23-18-5-6-19-20(13-18)28-22(24-19)25-10-8-16(9-11-25)21(27)26-12-7-15-3-1-2-4-17(15)14-26/h1-6,13,16H,7-12,14H2. The summed E-state index contributed by atoms with van der Waals surface area (Å²) in [7, 11) is 0. The predicted molar refractivity (Wildman–Crippen MR) is 110 cm³/mol. The highest BCUT2D eigenvalue weighted by atomic mass is 32.1. The molecule has 5 rings (SSSR count). The molecule has 0 spiro atoms. The fraction of sp³-hybridized carbons (Fsp3) is 0.364. The lowest BCUT2D eigenvalue weighted by molar-refractivity contribution is -0.137. The van der Waals surface area contributed by atoms with Crippen molar-refractivity contribution in [3.63, 3.8) is 0 Å². The second kappa shape index (κ2) is 7.17. The van der Waals surface area contributed by atoms with Crippen molar-refractivity contribution < 1.29 is 9.18 Å². The Hall–Kier alpha value is -2.47. The fourth-order valence-electron chi connectivity index (χ4n) is 4.28. The van der Waals surface area contributed by atoms with Gasteiger partial charge in [-0.15, -0.1) is 0 Å². The van der Waals surface area contributed by atoms with Crippen molar-refractivity contribution in [1.29, 1.82) is 0 Å². The average molecular weight is 396 g/mol. The molecular formula is C22H22FN3OS. The van der Waals surface area contributed by atoms with E-state index >= 15 is 0 Å². The van der Waals surface area contributed by atoms with E-state index in [1.54, 1.807) is 12.1 Å². The van der Waals surface area contributed by atoms with E-state index in [0.717, 1.165) is 60.8 Å². The maximum absolute atomic E-state index is 13.4. The van der Waals surface area contributed by atoms with Crippen LogP contribution >= 0.6 is 11.3 Å². The van der Waals surface area contributed by atoms with Crippen molar-refractivity contribution >= 4 is 32.6 Å². The van der Waals surface area contributed by atoms with Gasteiger partial charge in [-0.2, -0.15) is 0 Å². The van der Waals surface area contributed by atoms with Gasteiger partial charge in [0.25, 0.3) is 0 Å². The van der Waals surface area contributed by atoms with Gasteiger partial charge in [-0.3, -0.25) is 4.79 Å². The summed E-state index contributed by atoms with van der Waals surface area (Å²) < 4.78 is 14.3. The Morgan fingerprint density at radius 1 is 1.07 bits per heavy atom. The monoisotopic (exact) mass is 395 g/mol. The van der Waals surface area contributed by atoms with Crippen molar-refractivity contribution in [3.8, 4) is 0 Å². The molecule has 0 bridgehead atoms. The summed E-state index contributed by atoms with van der Waals surface area (Å²) in [4.78, 5) is 21.9. The van der Waals surface area contributed by atoms with E-state index in [0.29, 0.717) is 5.91 Å². The first-order valence-electron chi connectivity index (χ1n) is 9.84. The van der Waals surface area contributed by atoms with Crippen molar-refractivity contribution in [2.75, 3.05) is 24.5 Å². The minimum atomic E-state index is -0.227. The van der Waals surface area contributed by atoms with Gasteiger partial charge < -0.3 is 9.80 Å². The number of nitrogens with zero attached hydrogens (tertiary/aromatic N) is 3. The molecule has 1 aromatic heterocycles. The molecule has 0 unspecified atom stereocenters. The third-order valence-electron chi connectivity index (χ3n) is 5.90. The zero-order valence-corrected chi connectivity index (χ0v) is 16.4. The van der Waals surface area contributed by atoms with Crippen molar-refractivity contribution in [2.24, 2.45) is 5.92 Å². The molecule has 3 aromatic rings. The number of amides is 1. The van der Waals surface area contributed by atoms with Gasteiger partial charge in [0.2, 0.25) is 5.91 Å². The van der Waals surface area contributed by atoms with E-state index in [2.05, 4.69) is 34.1 Å². The summed E-state index contributed by atoms with van der Waals surface area (Å²) in [6.07, 6.45) is 2.64. The Kier molecular flexibility index (Phi) is 4.51. The number of fused-ring (bicyclic) bond motifs is 2. The van der Waals surface area contributed by atoms with Crippen LogP contribution in [0.4, 0.5) is 9.52 Å². The van der Waals surface area contributed by atoms with Crippen LogP contribution in [0.5, 0.6) is 0 Å². The molecule has 1 saturated heterocycles. The van der Waals surface area contributed by atoms with Gasteiger partial charge in [0.05, 0.1) is 10.2 Å². The number of carbonyl (C=O) groups excluding carboxylic acids is 1. The molecule has 0 atom stereocenters. The minimum Gasteiger partial charge on any atom is -0.348 e. The average Bonchev–Trinajstić information content (AvgIpc) is 3.16. The smallest absolute Gasteiger partial charge is 0.226 e. The van der Waals surface area contributed by atoms with Crippen LogP contribution in [0.2, 0.25) is 0 Å². The van der Waals surface area contributed by atoms with Gasteiger partial charge in [0.15, 0.2) is 5.13 Å². The minimum absolute atomic E-state index is 0.0911. The van der Waals surface area contributed by atoms with Crippen LogP contribution in [0.3, 0.4) is 0 Å². The Morgan fingerprint density at radius 2 is 1.86 bits per heavy atom. The molecule has 4 nitrogen and oxygen atoms in total. The third kappa shape index (κ3) is 3.26. The maximum Gasteiger partial charge on any atom is 0.226 e. The van der Waals surface area contributed by atoms with Gasteiger partial charge in [0, 0.05) is 32.1 Å². The molecule has 6 heteroatoms. The number of benzene rings is 2. The van der Waals surface area contributed by atoms with Gasteiger partial charge in [-0.1, -0.05) is 35.6 Å². The number of piperidine rings is 1. The first-order chi connectivity index (χ1) is 13.7. The van der Waals surface area contributed by atoms with E-state index in [-0.39, 0.29) is 11.7 Å². The molecule has 2 aliphatic heterocycles. The summed E-state index contributed by atoms with van der Waals surface area (Å²) in [5.41, 5.74) is 3.49. The lowest BCUT2D eigenvalue weighted by Crippen LogP contribution is -2.44. The first-order valence-corrected chi connectivity index (χ1v) is 10.7. The van der Waals surface area contributed by atoms with E-state index in [1.165, 1.54) is 28.5 Å². The summed E-state index contributed by atoms with van der Waals surface area (Å²) in [5.74, 6) is 0.156. The zero-order chi connectivity index (χ0) is 19.1. The summed E-state index contributed by atoms with van der Waals surface area (Å²) in [6.45, 7) is 3.20. The molecule has 3 heterocycles. The maximum atomic E-state index is 13.4. The number of rotatable bonds is 2. The van der Waals surface area contributed by atoms with Crippen LogP contribution in [0.15, 0.2) is 42.5 Å². The highest BCUT2D eigenvalue weighted by Gasteiger charge is 2.31. The molecule has 2 aliphatic rings. The second-order valence-corrected chi connectivity index (χ2v) is 8.66. The molecule has 144 valence electrons. The number of carbonyl (C=O) groups is 1. The van der Waals surface area contributed by atoms with Crippen LogP contribution in [0, 0.1) is 11.7 Å². The molecule has 0 N–H and O–H groups in total. The van der Waals surface area contributed by atoms with Crippen molar-refractivity contribution in [1.82, 2.24) is 9.88 Å². The number of hydrogen-bond donors (Lipinski definition) is 0. The Bertz CT molecular complexity index is 1030. The van der Waals surface area contributed by atoms with Crippen molar-refractivity contribution in [2.45, 2.75) is 25.8 Å². The van der Waals surface area contributed by atoms with E-state index < -0.39 is 0 Å². The predicted octanol–water partition coefficient (Wildman–Crippen LogP) is 4.24. The van der Waals surface area contributed by atoms with Crippen LogP contribution in [-0.4, -0.2) is 35.4 Å². The quantitative estimate of drug-likeness (QED) is 0.651. The topological polar surface area (TPSA) is 36.4 Å². The van der Waals surface area contributed by atoms with E-state index in [9.17, 15) is 9.18 Å². The molecule has 0 radical (unpaired) electrons. The highest BCUT2D eigenvalue weighted by Crippen LogP contribution is 2.32. The van der Waals surface area contributed by atoms with Gasteiger partial charge in [0.1, 0.15) is 5.82 Å². The lowest BCUT2D eigenvalue weighted by Gasteiger charge is -2.36. The van der Waals surface area contributed by atoms with Crippen LogP contribution in [-0.2, 0) is 17.8 Å². The number of halogens is 1. The van der Waals surface area contributed by atoms with E-state index in [1.807, 2.05) is 4.90 Å². The number of anilines is 1. The number of thiazole rings is 1. The third-order valence-corrected chi connectivity index (χ3v) is 6.98. The van der Waals surface area contributed by atoms with Gasteiger partial charge in [-0.05, 0) is 48.6 Å². The van der Waals surface area contributed by atoms with Crippen molar-refractivity contribution in [3.05, 3.63) is 59.4 Å². The zero-order valence-electron chi connectivity index (χ0n) is 15.6. The first kappa shape index (κ1) is 17.6. The molecular weight excluding hydrogens is 373 g/mol. The number of aromatic nitrogens is 1. The number of hydrogen-bond acceptors (Lipinski definition) is 4. The Labute approximate surface area is 167 Å².